The Kier molecular flexibility index (Phi) is 6.21. The zero-order valence-electron chi connectivity index (χ0n) is 15.3. The number of halogens is 1. The Morgan fingerprint density at radius 2 is 1.89 bits per heavy atom. The van der Waals surface area contributed by atoms with Crippen LogP contribution in [0.15, 0.2) is 52.9 Å². The zero-order chi connectivity index (χ0) is 19.2. The summed E-state index contributed by atoms with van der Waals surface area (Å²) in [5, 5.41) is 11.6. The maximum absolute atomic E-state index is 12.3. The van der Waals surface area contributed by atoms with Crippen molar-refractivity contribution in [1.82, 2.24) is 15.1 Å². The van der Waals surface area contributed by atoms with E-state index in [4.69, 9.17) is 16.0 Å². The van der Waals surface area contributed by atoms with Crippen LogP contribution in [0.1, 0.15) is 18.4 Å². The number of hydrogen-bond acceptors (Lipinski definition) is 5. The highest BCUT2D eigenvalue weighted by atomic mass is 35.5. The van der Waals surface area contributed by atoms with E-state index < -0.39 is 0 Å². The van der Waals surface area contributed by atoms with Gasteiger partial charge in [-0.25, -0.2) is 0 Å². The zero-order valence-corrected chi connectivity index (χ0v) is 16.0. The van der Waals surface area contributed by atoms with Crippen LogP contribution >= 0.6 is 11.6 Å². The molecule has 7 heteroatoms. The van der Waals surface area contributed by atoms with Gasteiger partial charge in [-0.05, 0) is 37.2 Å². The molecule has 0 aliphatic carbocycles. The Hall–Kier alpha value is -2.70. The van der Waals surface area contributed by atoms with Crippen molar-refractivity contribution in [3.63, 3.8) is 0 Å². The van der Waals surface area contributed by atoms with Crippen molar-refractivity contribution in [3.05, 3.63) is 65.0 Å². The van der Waals surface area contributed by atoms with Gasteiger partial charge in [-0.2, -0.15) is 0 Å². The van der Waals surface area contributed by atoms with E-state index in [2.05, 4.69) is 22.4 Å². The lowest BCUT2D eigenvalue weighted by atomic mass is 10.1. The van der Waals surface area contributed by atoms with E-state index in [1.165, 1.54) is 0 Å². The molecule has 3 rings (SSSR count). The van der Waals surface area contributed by atoms with E-state index in [1.54, 1.807) is 6.07 Å². The lowest BCUT2D eigenvalue weighted by Gasteiger charge is -2.15. The number of hydrogen-bond donors (Lipinski definition) is 1. The van der Waals surface area contributed by atoms with Gasteiger partial charge in [0.25, 0.3) is 0 Å². The summed E-state index contributed by atoms with van der Waals surface area (Å²) in [5.74, 6) is 0.698. The SMILES string of the molecule is CCc1ccccc1NC(=O)CN(C)Cc1nnc(-c2ccccc2Cl)o1. The number of carbonyl (C=O) groups excluding carboxylic acids is 1. The molecule has 1 aromatic heterocycles. The number of nitrogens with one attached hydrogen (secondary N) is 1. The highest BCUT2D eigenvalue weighted by Crippen LogP contribution is 2.26. The summed E-state index contributed by atoms with van der Waals surface area (Å²) in [5.41, 5.74) is 2.64. The van der Waals surface area contributed by atoms with Crippen molar-refractivity contribution in [2.75, 3.05) is 18.9 Å². The summed E-state index contributed by atoms with van der Waals surface area (Å²) in [6.07, 6.45) is 0.860. The first kappa shape index (κ1) is 19.1. The molecule has 0 atom stereocenters. The minimum Gasteiger partial charge on any atom is -0.419 e. The molecule has 0 aliphatic rings. The molecule has 1 heterocycles. The van der Waals surface area contributed by atoms with Gasteiger partial charge in [0.15, 0.2) is 0 Å². The first-order valence-electron chi connectivity index (χ1n) is 8.70. The number of para-hydroxylation sites is 1. The molecule has 2 aromatic carbocycles. The van der Waals surface area contributed by atoms with E-state index in [0.29, 0.717) is 28.9 Å². The molecular formula is C20H21ClN4O2. The molecule has 0 saturated heterocycles. The topological polar surface area (TPSA) is 71.3 Å². The quantitative estimate of drug-likeness (QED) is 0.666. The molecule has 1 N–H and O–H groups in total. The number of rotatable bonds is 7. The summed E-state index contributed by atoms with van der Waals surface area (Å²) >= 11 is 6.15. The van der Waals surface area contributed by atoms with E-state index in [0.717, 1.165) is 17.7 Å². The van der Waals surface area contributed by atoms with Gasteiger partial charge in [-0.3, -0.25) is 9.69 Å². The average molecular weight is 385 g/mol. The summed E-state index contributed by atoms with van der Waals surface area (Å²) < 4.78 is 5.68. The number of nitrogens with zero attached hydrogens (tertiary/aromatic N) is 3. The fourth-order valence-corrected chi connectivity index (χ4v) is 2.95. The van der Waals surface area contributed by atoms with Crippen LogP contribution in [0.25, 0.3) is 11.5 Å². The number of amides is 1. The van der Waals surface area contributed by atoms with E-state index in [-0.39, 0.29) is 12.5 Å². The second-order valence-electron chi connectivity index (χ2n) is 6.21. The minimum atomic E-state index is -0.0933. The van der Waals surface area contributed by atoms with E-state index in [9.17, 15) is 4.79 Å². The molecule has 3 aromatic rings. The Balaban J connectivity index is 1.59. The monoisotopic (exact) mass is 384 g/mol. The van der Waals surface area contributed by atoms with Crippen LogP contribution in [0.2, 0.25) is 5.02 Å². The third-order valence-electron chi connectivity index (χ3n) is 4.06. The Bertz CT molecular complexity index is 926. The molecule has 27 heavy (non-hydrogen) atoms. The fourth-order valence-electron chi connectivity index (χ4n) is 2.73. The van der Waals surface area contributed by atoms with Crippen molar-refractivity contribution < 1.29 is 9.21 Å². The molecule has 140 valence electrons. The van der Waals surface area contributed by atoms with Crippen LogP contribution in [-0.4, -0.2) is 34.6 Å². The number of carbonyl (C=O) groups is 1. The molecule has 0 aliphatic heterocycles. The number of benzene rings is 2. The lowest BCUT2D eigenvalue weighted by molar-refractivity contribution is -0.117. The molecule has 0 saturated carbocycles. The summed E-state index contributed by atoms with van der Waals surface area (Å²) in [6.45, 7) is 2.63. The van der Waals surface area contributed by atoms with Crippen molar-refractivity contribution >= 4 is 23.2 Å². The van der Waals surface area contributed by atoms with Crippen LogP contribution in [0.3, 0.4) is 0 Å². The highest BCUT2D eigenvalue weighted by molar-refractivity contribution is 6.33. The van der Waals surface area contributed by atoms with Crippen LogP contribution in [0.4, 0.5) is 5.69 Å². The lowest BCUT2D eigenvalue weighted by Crippen LogP contribution is -2.30. The van der Waals surface area contributed by atoms with Crippen molar-refractivity contribution in [2.24, 2.45) is 0 Å². The van der Waals surface area contributed by atoms with Gasteiger partial charge >= 0.3 is 0 Å². The van der Waals surface area contributed by atoms with Gasteiger partial charge in [-0.1, -0.05) is 48.9 Å². The van der Waals surface area contributed by atoms with Gasteiger partial charge < -0.3 is 9.73 Å². The summed E-state index contributed by atoms with van der Waals surface area (Å²) in [6, 6.07) is 15.1. The first-order chi connectivity index (χ1) is 13.1. The molecule has 0 bridgehead atoms. The van der Waals surface area contributed by atoms with Gasteiger partial charge in [0.1, 0.15) is 0 Å². The third kappa shape index (κ3) is 4.93. The average Bonchev–Trinajstić information content (AvgIpc) is 3.10. The smallest absolute Gasteiger partial charge is 0.249 e. The molecule has 6 nitrogen and oxygen atoms in total. The molecule has 0 spiro atoms. The minimum absolute atomic E-state index is 0.0933. The second-order valence-corrected chi connectivity index (χ2v) is 6.62. The van der Waals surface area contributed by atoms with Crippen LogP contribution in [0, 0.1) is 0 Å². The molecular weight excluding hydrogens is 364 g/mol. The number of likely N-dealkylation sites (N-methyl/N-ethyl adjacent to an activating group) is 1. The summed E-state index contributed by atoms with van der Waals surface area (Å²) in [7, 11) is 1.82. The highest BCUT2D eigenvalue weighted by Gasteiger charge is 2.15. The Morgan fingerprint density at radius 3 is 2.67 bits per heavy atom. The molecule has 0 radical (unpaired) electrons. The van der Waals surface area contributed by atoms with Crippen molar-refractivity contribution in [1.29, 1.82) is 0 Å². The molecule has 0 unspecified atom stereocenters. The normalized spacial score (nSPS) is 11.0. The van der Waals surface area contributed by atoms with Gasteiger partial charge in [0.2, 0.25) is 17.7 Å². The second kappa shape index (κ2) is 8.79. The Labute approximate surface area is 163 Å². The van der Waals surface area contributed by atoms with E-state index in [1.807, 2.05) is 54.4 Å². The summed E-state index contributed by atoms with van der Waals surface area (Å²) in [4.78, 5) is 14.1. The first-order valence-corrected chi connectivity index (χ1v) is 9.08. The maximum atomic E-state index is 12.3. The van der Waals surface area contributed by atoms with Gasteiger partial charge in [0, 0.05) is 5.69 Å². The number of anilines is 1. The van der Waals surface area contributed by atoms with Crippen LogP contribution < -0.4 is 5.32 Å². The van der Waals surface area contributed by atoms with E-state index >= 15 is 0 Å². The van der Waals surface area contributed by atoms with Crippen LogP contribution in [-0.2, 0) is 17.8 Å². The Morgan fingerprint density at radius 1 is 1.15 bits per heavy atom. The van der Waals surface area contributed by atoms with Crippen LogP contribution in [0.5, 0.6) is 0 Å². The predicted molar refractivity (Wildman–Crippen MR) is 106 cm³/mol. The third-order valence-corrected chi connectivity index (χ3v) is 4.39. The van der Waals surface area contributed by atoms with Gasteiger partial charge in [0.05, 0.1) is 23.7 Å². The predicted octanol–water partition coefficient (Wildman–Crippen LogP) is 4.02. The van der Waals surface area contributed by atoms with Crippen molar-refractivity contribution in [3.8, 4) is 11.5 Å². The molecule has 1 amide bonds. The fraction of sp³-hybridized carbons (Fsp3) is 0.250. The number of aromatic nitrogens is 2. The maximum Gasteiger partial charge on any atom is 0.249 e. The standard InChI is InChI=1S/C20H21ClN4O2/c1-3-14-8-4-7-11-17(14)22-18(26)12-25(2)13-19-23-24-20(27-19)15-9-5-6-10-16(15)21/h4-11H,3,12-13H2,1-2H3,(H,22,26). The number of aryl methyl sites for hydroxylation is 1. The largest absolute Gasteiger partial charge is 0.419 e. The molecule has 0 fully saturated rings. The van der Waals surface area contributed by atoms with Gasteiger partial charge in [-0.15, -0.1) is 10.2 Å². The van der Waals surface area contributed by atoms with Crippen molar-refractivity contribution in [2.45, 2.75) is 19.9 Å².